The quantitative estimate of drug-likeness (QED) is 0.568. The monoisotopic (exact) mass is 458 g/mol. The molecule has 2 aromatic rings. The van der Waals surface area contributed by atoms with Gasteiger partial charge in [0.1, 0.15) is 12.1 Å². The number of anilines is 2. The molecule has 1 aromatic heterocycles. The van der Waals surface area contributed by atoms with Gasteiger partial charge in [-0.25, -0.2) is 4.98 Å². The lowest BCUT2D eigenvalue weighted by molar-refractivity contribution is -0.108. The first kappa shape index (κ1) is 22.9. The smallest absolute Gasteiger partial charge is 0.149 e. The van der Waals surface area contributed by atoms with Gasteiger partial charge in [0.05, 0.1) is 5.69 Å². The van der Waals surface area contributed by atoms with Gasteiger partial charge in [-0.15, -0.1) is 0 Å². The number of nitrogen functional groups attached to an aromatic ring is 1. The number of nitrogens with one attached hydrogen (secondary N) is 1. The van der Waals surface area contributed by atoms with Gasteiger partial charge < -0.3 is 20.7 Å². The fourth-order valence-corrected chi connectivity index (χ4v) is 6.24. The van der Waals surface area contributed by atoms with Crippen LogP contribution in [0.4, 0.5) is 11.5 Å². The number of hydrogen-bond acceptors (Lipinski definition) is 5. The molecule has 1 fully saturated rings. The Hall–Kier alpha value is -2.82. The Bertz CT molecular complexity index is 1040. The number of carbonyl (C=O) groups is 1. The van der Waals surface area contributed by atoms with Crippen LogP contribution in [0.3, 0.4) is 0 Å². The van der Waals surface area contributed by atoms with Gasteiger partial charge in [0.25, 0.3) is 0 Å². The zero-order chi connectivity index (χ0) is 23.5. The topological polar surface area (TPSA) is 71.2 Å². The summed E-state index contributed by atoms with van der Waals surface area (Å²) in [5.41, 5.74) is 13.3. The first-order chi connectivity index (χ1) is 16.6. The molecule has 1 saturated carbocycles. The first-order valence-electron chi connectivity index (χ1n) is 13.1. The number of aldehydes is 1. The fourth-order valence-electron chi connectivity index (χ4n) is 6.24. The number of nitrogens with two attached hydrogens (primary N) is 1. The highest BCUT2D eigenvalue weighted by Gasteiger charge is 2.28. The number of nitrogens with zero attached hydrogens (tertiary/aromatic N) is 2. The largest absolute Gasteiger partial charge is 0.396 e. The molecular formula is C29H38N4O. The summed E-state index contributed by atoms with van der Waals surface area (Å²) >= 11 is 0. The van der Waals surface area contributed by atoms with Crippen molar-refractivity contribution in [2.24, 2.45) is 11.8 Å². The van der Waals surface area contributed by atoms with E-state index in [0.717, 1.165) is 61.6 Å². The van der Waals surface area contributed by atoms with Gasteiger partial charge in [-0.1, -0.05) is 37.6 Å². The average molecular weight is 459 g/mol. The molecule has 6 aliphatic rings. The minimum absolute atomic E-state index is 0.0360. The van der Waals surface area contributed by atoms with E-state index in [1.54, 1.807) is 0 Å². The number of allylic oxidation sites excluding steroid dienone is 1. The van der Waals surface area contributed by atoms with Crippen LogP contribution in [0.25, 0.3) is 0 Å². The Morgan fingerprint density at radius 2 is 1.94 bits per heavy atom. The Balaban J connectivity index is 1.47. The summed E-state index contributed by atoms with van der Waals surface area (Å²) < 4.78 is 0. The zero-order valence-electron chi connectivity index (χ0n) is 20.3. The molecule has 6 heterocycles. The lowest BCUT2D eigenvalue weighted by Crippen LogP contribution is -2.33. The number of carbonyl (C=O) groups excluding carboxylic acids is 1. The summed E-state index contributed by atoms with van der Waals surface area (Å²) in [7, 11) is 0. The molecule has 3 N–H and O–H groups in total. The van der Waals surface area contributed by atoms with E-state index >= 15 is 0 Å². The summed E-state index contributed by atoms with van der Waals surface area (Å²) in [5, 5.41) is 3.43. The summed E-state index contributed by atoms with van der Waals surface area (Å²) in [6.07, 6.45) is 13.3. The number of hydrogen-bond donors (Lipinski definition) is 2. The molecule has 1 aliphatic carbocycles. The molecule has 5 nitrogen and oxygen atoms in total. The summed E-state index contributed by atoms with van der Waals surface area (Å²) in [5.74, 6) is 2.20. The van der Waals surface area contributed by atoms with Crippen molar-refractivity contribution in [1.82, 2.24) is 9.88 Å². The molecule has 5 heteroatoms. The number of rotatable bonds is 2. The Morgan fingerprint density at radius 3 is 2.74 bits per heavy atom. The maximum atomic E-state index is 11.6. The van der Waals surface area contributed by atoms with Crippen LogP contribution in [-0.4, -0.2) is 29.3 Å². The maximum Gasteiger partial charge on any atom is 0.149 e. The van der Waals surface area contributed by atoms with Gasteiger partial charge >= 0.3 is 0 Å². The Labute approximate surface area is 203 Å². The van der Waals surface area contributed by atoms with Crippen LogP contribution >= 0.6 is 0 Å². The lowest BCUT2D eigenvalue weighted by atomic mass is 9.78. The van der Waals surface area contributed by atoms with Crippen LogP contribution in [0, 0.1) is 11.8 Å². The minimum atomic E-state index is -0.0360. The molecule has 0 saturated heterocycles. The molecule has 1 aromatic carbocycles. The summed E-state index contributed by atoms with van der Waals surface area (Å²) in [4.78, 5) is 18.8. The molecule has 0 spiro atoms. The molecule has 1 atom stereocenters. The normalized spacial score (nSPS) is 25.2. The van der Waals surface area contributed by atoms with E-state index in [1.165, 1.54) is 55.3 Å². The van der Waals surface area contributed by atoms with Crippen molar-refractivity contribution in [2.45, 2.75) is 70.3 Å². The predicted octanol–water partition coefficient (Wildman–Crippen LogP) is 5.66. The summed E-state index contributed by atoms with van der Waals surface area (Å²) in [6.45, 7) is 7.43. The van der Waals surface area contributed by atoms with Crippen molar-refractivity contribution in [3.05, 3.63) is 65.0 Å². The second-order valence-corrected chi connectivity index (χ2v) is 10.5. The van der Waals surface area contributed by atoms with Gasteiger partial charge in [0, 0.05) is 43.9 Å². The molecule has 8 rings (SSSR count). The molecule has 0 radical (unpaired) electrons. The fraction of sp³-hybridized carbons (Fsp3) is 0.517. The van der Waals surface area contributed by atoms with Gasteiger partial charge in [-0.2, -0.15) is 0 Å². The molecule has 0 amide bonds. The van der Waals surface area contributed by atoms with Crippen LogP contribution in [-0.2, 0) is 17.8 Å². The first-order valence-corrected chi connectivity index (χ1v) is 13.1. The van der Waals surface area contributed by atoms with E-state index < -0.39 is 0 Å². The van der Waals surface area contributed by atoms with Crippen LogP contribution in [0.1, 0.15) is 79.5 Å². The number of aromatic nitrogens is 1. The van der Waals surface area contributed by atoms with Crippen molar-refractivity contribution < 1.29 is 4.79 Å². The van der Waals surface area contributed by atoms with E-state index in [1.807, 2.05) is 12.3 Å². The predicted molar refractivity (Wildman–Crippen MR) is 139 cm³/mol. The third kappa shape index (κ3) is 4.84. The van der Waals surface area contributed by atoms with Crippen molar-refractivity contribution in [3.63, 3.8) is 0 Å². The zero-order valence-corrected chi connectivity index (χ0v) is 20.3. The van der Waals surface area contributed by atoms with Crippen molar-refractivity contribution >= 4 is 17.8 Å². The lowest BCUT2D eigenvalue weighted by Gasteiger charge is -2.38. The molecule has 34 heavy (non-hydrogen) atoms. The van der Waals surface area contributed by atoms with Gasteiger partial charge in [0.15, 0.2) is 0 Å². The van der Waals surface area contributed by atoms with Crippen LogP contribution < -0.4 is 11.1 Å². The average Bonchev–Trinajstić information content (AvgIpc) is 2.86. The second-order valence-electron chi connectivity index (χ2n) is 10.5. The highest BCUT2D eigenvalue weighted by molar-refractivity contribution is 5.63. The number of benzene rings is 1. The van der Waals surface area contributed by atoms with Crippen LogP contribution in [0.15, 0.2) is 42.7 Å². The third-order valence-electron chi connectivity index (χ3n) is 8.37. The highest BCUT2D eigenvalue weighted by atomic mass is 16.1. The van der Waals surface area contributed by atoms with E-state index in [2.05, 4.69) is 40.0 Å². The van der Waals surface area contributed by atoms with Gasteiger partial charge in [0.2, 0.25) is 0 Å². The summed E-state index contributed by atoms with van der Waals surface area (Å²) in [6, 6.07) is 8.74. The van der Waals surface area contributed by atoms with Gasteiger partial charge in [-0.05, 0) is 78.7 Å². The standard InChI is InChI=1S/C29H38N4O/c1-20-22-7-5-21(6-8-22)4-2-3-13-31-29-28(30)17-25(18-32-29)27(12-15-34)24-10-9-23-11-14-33(20)19-26(23)16-24/h9-10,15-18,21-22,27H,1-8,11-14,19,30H2,(H,31,32). The Morgan fingerprint density at radius 1 is 1.09 bits per heavy atom. The number of pyridine rings is 1. The van der Waals surface area contributed by atoms with E-state index in [-0.39, 0.29) is 5.92 Å². The molecule has 5 aliphatic heterocycles. The SMILES string of the molecule is C=C1C2CCC(CCCCNc3ncc(cc3N)C(CC=O)c3ccc4c(c3)CN1CC4)CC2. The molecule has 1 unspecified atom stereocenters. The van der Waals surface area contributed by atoms with Crippen molar-refractivity contribution in [3.8, 4) is 0 Å². The molecular weight excluding hydrogens is 420 g/mol. The van der Waals surface area contributed by atoms with Crippen LogP contribution in [0.2, 0.25) is 0 Å². The molecule has 180 valence electrons. The van der Waals surface area contributed by atoms with Crippen LogP contribution in [0.5, 0.6) is 0 Å². The van der Waals surface area contributed by atoms with E-state index in [0.29, 0.717) is 18.0 Å². The molecule has 7 bridgehead atoms. The van der Waals surface area contributed by atoms with E-state index in [4.69, 9.17) is 5.73 Å². The van der Waals surface area contributed by atoms with Crippen molar-refractivity contribution in [1.29, 1.82) is 0 Å². The highest BCUT2D eigenvalue weighted by Crippen LogP contribution is 2.38. The third-order valence-corrected chi connectivity index (χ3v) is 8.37. The second kappa shape index (κ2) is 10.2. The van der Waals surface area contributed by atoms with Crippen molar-refractivity contribution in [2.75, 3.05) is 24.1 Å². The minimum Gasteiger partial charge on any atom is -0.396 e. The maximum absolute atomic E-state index is 11.6. The Kier molecular flexibility index (Phi) is 6.89. The van der Waals surface area contributed by atoms with Gasteiger partial charge in [-0.3, -0.25) is 0 Å². The van der Waals surface area contributed by atoms with E-state index in [9.17, 15) is 4.79 Å².